The van der Waals surface area contributed by atoms with Crippen molar-refractivity contribution in [3.8, 4) is 0 Å². The molecule has 1 amide bonds. The summed E-state index contributed by atoms with van der Waals surface area (Å²) in [6.07, 6.45) is 3.84. The van der Waals surface area contributed by atoms with E-state index in [0.717, 1.165) is 32.7 Å². The van der Waals surface area contributed by atoms with E-state index in [1.165, 1.54) is 26.4 Å². The highest BCUT2D eigenvalue weighted by Gasteiger charge is 2.29. The van der Waals surface area contributed by atoms with Crippen LogP contribution in [0.2, 0.25) is 0 Å². The molecule has 2 aliphatic rings. The number of carboxylic acid groups (broad SMARTS) is 1. The zero-order valence-electron chi connectivity index (χ0n) is 14.1. The molecule has 0 bridgehead atoms. The van der Waals surface area contributed by atoms with Gasteiger partial charge >= 0.3 is 5.97 Å². The Labute approximate surface area is 138 Å². The third kappa shape index (κ3) is 5.75. The van der Waals surface area contributed by atoms with Gasteiger partial charge in [0.15, 0.2) is 0 Å². The van der Waals surface area contributed by atoms with E-state index in [9.17, 15) is 14.7 Å². The third-order valence-corrected chi connectivity index (χ3v) is 4.76. The first kappa shape index (κ1) is 18.2. The van der Waals surface area contributed by atoms with E-state index in [1.54, 1.807) is 4.90 Å². The molecule has 2 fully saturated rings. The number of piperidine rings is 1. The molecule has 23 heavy (non-hydrogen) atoms. The summed E-state index contributed by atoms with van der Waals surface area (Å²) in [5.74, 6) is -1.48. The van der Waals surface area contributed by atoms with Crippen molar-refractivity contribution < 1.29 is 19.4 Å². The molecule has 7 nitrogen and oxygen atoms in total. The molecule has 0 aromatic heterocycles. The van der Waals surface area contributed by atoms with Gasteiger partial charge in [0.05, 0.1) is 5.92 Å². The predicted molar refractivity (Wildman–Crippen MR) is 86.3 cm³/mol. The Morgan fingerprint density at radius 3 is 2.35 bits per heavy atom. The number of aliphatic carboxylic acids is 1. The number of nitrogens with zero attached hydrogens (tertiary/aromatic N) is 3. The highest BCUT2D eigenvalue weighted by atomic mass is 16.5. The minimum atomic E-state index is -0.829. The van der Waals surface area contributed by atoms with Gasteiger partial charge in [0.2, 0.25) is 5.91 Å². The lowest BCUT2D eigenvalue weighted by Crippen LogP contribution is -2.40. The van der Waals surface area contributed by atoms with E-state index in [0.29, 0.717) is 13.1 Å². The standard InChI is InChI=1S/C16H29N3O4/c1-23-13-15(20)19-10-9-18(11-14(12-19)16(21)22)8-7-17-5-3-2-4-6-17/h14H,2-13H2,1H3,(H,21,22). The normalized spacial score (nSPS) is 24.4. The van der Waals surface area contributed by atoms with Gasteiger partial charge in [0.1, 0.15) is 6.61 Å². The highest BCUT2D eigenvalue weighted by molar-refractivity contribution is 5.78. The molecule has 0 radical (unpaired) electrons. The van der Waals surface area contributed by atoms with Crippen LogP contribution >= 0.6 is 0 Å². The molecule has 2 rings (SSSR count). The van der Waals surface area contributed by atoms with Crippen molar-refractivity contribution >= 4 is 11.9 Å². The fourth-order valence-corrected chi connectivity index (χ4v) is 3.35. The molecular weight excluding hydrogens is 298 g/mol. The molecule has 0 saturated carbocycles. The van der Waals surface area contributed by atoms with Gasteiger partial charge in [-0.15, -0.1) is 0 Å². The number of ether oxygens (including phenoxy) is 1. The average molecular weight is 327 g/mol. The van der Waals surface area contributed by atoms with Crippen LogP contribution in [-0.2, 0) is 14.3 Å². The van der Waals surface area contributed by atoms with Gasteiger partial charge in [-0.1, -0.05) is 6.42 Å². The van der Waals surface area contributed by atoms with Crippen LogP contribution in [0.15, 0.2) is 0 Å². The number of carbonyl (C=O) groups is 2. The van der Waals surface area contributed by atoms with Crippen LogP contribution in [0.1, 0.15) is 19.3 Å². The Kier molecular flexibility index (Phi) is 7.26. The first-order valence-electron chi connectivity index (χ1n) is 8.54. The molecule has 132 valence electrons. The molecule has 7 heteroatoms. The van der Waals surface area contributed by atoms with Crippen molar-refractivity contribution in [3.63, 3.8) is 0 Å². The third-order valence-electron chi connectivity index (χ3n) is 4.76. The smallest absolute Gasteiger partial charge is 0.309 e. The Bertz CT molecular complexity index is 399. The Morgan fingerprint density at radius 1 is 1.00 bits per heavy atom. The number of carbonyl (C=O) groups excluding carboxylic acids is 1. The molecule has 1 unspecified atom stereocenters. The maximum atomic E-state index is 12.0. The number of amides is 1. The lowest BCUT2D eigenvalue weighted by Gasteiger charge is -2.29. The minimum absolute atomic E-state index is 0.0140. The van der Waals surface area contributed by atoms with Crippen LogP contribution in [0.25, 0.3) is 0 Å². The summed E-state index contributed by atoms with van der Waals surface area (Å²) in [6.45, 7) is 6.26. The predicted octanol–water partition coefficient (Wildman–Crippen LogP) is -0.0363. The number of rotatable bonds is 6. The van der Waals surface area contributed by atoms with Gasteiger partial charge in [-0.2, -0.15) is 0 Å². The number of likely N-dealkylation sites (tertiary alicyclic amines) is 1. The van der Waals surface area contributed by atoms with E-state index < -0.39 is 11.9 Å². The second-order valence-corrected chi connectivity index (χ2v) is 6.51. The second-order valence-electron chi connectivity index (χ2n) is 6.51. The number of carboxylic acids is 1. The lowest BCUT2D eigenvalue weighted by atomic mass is 10.1. The Morgan fingerprint density at radius 2 is 1.70 bits per heavy atom. The van der Waals surface area contributed by atoms with E-state index >= 15 is 0 Å². The number of hydrogen-bond acceptors (Lipinski definition) is 5. The van der Waals surface area contributed by atoms with E-state index in [2.05, 4.69) is 9.80 Å². The highest BCUT2D eigenvalue weighted by Crippen LogP contribution is 2.12. The van der Waals surface area contributed by atoms with Crippen molar-refractivity contribution in [1.82, 2.24) is 14.7 Å². The van der Waals surface area contributed by atoms with Gasteiger partial charge < -0.3 is 19.6 Å². The van der Waals surface area contributed by atoms with Crippen LogP contribution in [0.4, 0.5) is 0 Å². The zero-order chi connectivity index (χ0) is 16.7. The van der Waals surface area contributed by atoms with Crippen molar-refractivity contribution in [1.29, 1.82) is 0 Å². The molecule has 1 atom stereocenters. The minimum Gasteiger partial charge on any atom is -0.481 e. The summed E-state index contributed by atoms with van der Waals surface area (Å²) in [5.41, 5.74) is 0. The number of methoxy groups -OCH3 is 1. The lowest BCUT2D eigenvalue weighted by molar-refractivity contribution is -0.144. The summed E-state index contributed by atoms with van der Waals surface area (Å²) >= 11 is 0. The summed E-state index contributed by atoms with van der Waals surface area (Å²) in [5, 5.41) is 9.42. The molecule has 2 aliphatic heterocycles. The average Bonchev–Trinajstić information content (AvgIpc) is 2.77. The van der Waals surface area contributed by atoms with E-state index in [1.807, 2.05) is 0 Å². The molecule has 0 aliphatic carbocycles. The fourth-order valence-electron chi connectivity index (χ4n) is 3.35. The van der Waals surface area contributed by atoms with Gasteiger partial charge in [0, 0.05) is 46.4 Å². The van der Waals surface area contributed by atoms with Crippen molar-refractivity contribution in [3.05, 3.63) is 0 Å². The number of hydrogen-bond donors (Lipinski definition) is 1. The monoisotopic (exact) mass is 327 g/mol. The second kappa shape index (κ2) is 9.20. The van der Waals surface area contributed by atoms with Gasteiger partial charge in [0.25, 0.3) is 0 Å². The molecule has 0 spiro atoms. The van der Waals surface area contributed by atoms with Gasteiger partial charge in [-0.3, -0.25) is 14.5 Å². The summed E-state index contributed by atoms with van der Waals surface area (Å²) < 4.78 is 4.89. The first-order chi connectivity index (χ1) is 11.1. The van der Waals surface area contributed by atoms with Gasteiger partial charge in [-0.25, -0.2) is 0 Å². The van der Waals surface area contributed by atoms with Crippen molar-refractivity contribution in [2.75, 3.05) is 66.1 Å². The topological polar surface area (TPSA) is 73.3 Å². The van der Waals surface area contributed by atoms with Crippen LogP contribution in [0.5, 0.6) is 0 Å². The molecule has 0 aromatic carbocycles. The molecule has 0 aromatic rings. The summed E-state index contributed by atoms with van der Waals surface area (Å²) in [7, 11) is 1.48. The van der Waals surface area contributed by atoms with Gasteiger partial charge in [-0.05, 0) is 25.9 Å². The van der Waals surface area contributed by atoms with Crippen molar-refractivity contribution in [2.24, 2.45) is 5.92 Å². The quantitative estimate of drug-likeness (QED) is 0.738. The summed E-state index contributed by atoms with van der Waals surface area (Å²) in [6, 6.07) is 0. The van der Waals surface area contributed by atoms with Crippen LogP contribution in [0, 0.1) is 5.92 Å². The van der Waals surface area contributed by atoms with E-state index in [4.69, 9.17) is 4.74 Å². The van der Waals surface area contributed by atoms with E-state index in [-0.39, 0.29) is 19.1 Å². The van der Waals surface area contributed by atoms with Crippen LogP contribution in [0.3, 0.4) is 0 Å². The van der Waals surface area contributed by atoms with Crippen molar-refractivity contribution in [2.45, 2.75) is 19.3 Å². The molecule has 2 saturated heterocycles. The fraction of sp³-hybridized carbons (Fsp3) is 0.875. The van der Waals surface area contributed by atoms with Crippen LogP contribution in [-0.4, -0.2) is 97.8 Å². The molecular formula is C16H29N3O4. The van der Waals surface area contributed by atoms with Crippen LogP contribution < -0.4 is 0 Å². The SMILES string of the molecule is COCC(=O)N1CCN(CCN2CCCCC2)CC(C(=O)O)C1. The molecule has 2 heterocycles. The largest absolute Gasteiger partial charge is 0.481 e. The Balaban J connectivity index is 1.88. The Hall–Kier alpha value is -1.18. The molecule has 1 N–H and O–H groups in total. The first-order valence-corrected chi connectivity index (χ1v) is 8.54. The maximum absolute atomic E-state index is 12.0. The maximum Gasteiger partial charge on any atom is 0.309 e. The zero-order valence-corrected chi connectivity index (χ0v) is 14.1. The summed E-state index contributed by atoms with van der Waals surface area (Å²) in [4.78, 5) is 29.8.